The number of allylic oxidation sites excluding steroid dienone is 13. The van der Waals surface area contributed by atoms with Crippen molar-refractivity contribution < 1.29 is 4.74 Å². The van der Waals surface area contributed by atoms with Gasteiger partial charge in [0.05, 0.1) is 11.0 Å². The molecule has 46 heavy (non-hydrogen) atoms. The van der Waals surface area contributed by atoms with Crippen LogP contribution in [0.4, 0.5) is 0 Å². The van der Waals surface area contributed by atoms with Gasteiger partial charge in [0.25, 0.3) is 0 Å². The fourth-order valence-corrected chi connectivity index (χ4v) is 7.93. The van der Waals surface area contributed by atoms with Crippen LogP contribution in [0.3, 0.4) is 0 Å². The highest BCUT2D eigenvalue weighted by molar-refractivity contribution is 6.10. The van der Waals surface area contributed by atoms with Gasteiger partial charge in [0.2, 0.25) is 5.90 Å². The van der Waals surface area contributed by atoms with Crippen LogP contribution in [0.15, 0.2) is 161 Å². The van der Waals surface area contributed by atoms with E-state index in [1.165, 1.54) is 60.9 Å². The molecule has 2 heterocycles. The molecule has 0 fully saturated rings. The van der Waals surface area contributed by atoms with E-state index in [4.69, 9.17) is 9.73 Å². The number of aliphatic imine (C=N–C) groups is 1. The fraction of sp³-hybridized carbons (Fsp3) is 0.186. The minimum absolute atomic E-state index is 0.0403. The highest BCUT2D eigenvalue weighted by Gasteiger charge is 2.31. The molecule has 5 aliphatic rings. The van der Waals surface area contributed by atoms with Crippen LogP contribution in [-0.2, 0) is 4.74 Å². The number of benzene rings is 3. The number of hydrogen-bond donors (Lipinski definition) is 0. The predicted molar refractivity (Wildman–Crippen MR) is 192 cm³/mol. The molecule has 3 unspecified atom stereocenters. The third kappa shape index (κ3) is 4.61. The number of fused-ring (bicyclic) bond motifs is 4. The third-order valence-electron chi connectivity index (χ3n) is 10.2. The topological polar surface area (TPSA) is 26.5 Å². The maximum Gasteiger partial charge on any atom is 0.213 e. The van der Waals surface area contributed by atoms with E-state index in [-0.39, 0.29) is 12.1 Å². The number of nitrogens with zero attached hydrogens (tertiary/aromatic N) is 2. The highest BCUT2D eigenvalue weighted by Crippen LogP contribution is 2.44. The second kappa shape index (κ2) is 11.3. The van der Waals surface area contributed by atoms with Crippen LogP contribution in [0.5, 0.6) is 0 Å². The fourth-order valence-electron chi connectivity index (χ4n) is 7.93. The average Bonchev–Trinajstić information content (AvgIpc) is 3.72. The Hall–Kier alpha value is -5.15. The van der Waals surface area contributed by atoms with Crippen molar-refractivity contribution in [1.29, 1.82) is 0 Å². The van der Waals surface area contributed by atoms with Crippen LogP contribution in [-0.4, -0.2) is 22.6 Å². The standard InChI is InChI=1S/C43H36N2O/c1-3-13-35(33(11-1)29-21-23-31(24-22-29)43-44-39-17-7-10-20-42(39)46-43)36-14-4-2-12-34(36)30-25-27-32(28-26-30)45-40-18-8-5-15-37(40)38-16-6-9-19-41(38)45/h1-13,15-21,23,25,27,36,39,42H,14,22,24,26,28H2. The molecule has 9 rings (SSSR count). The summed E-state index contributed by atoms with van der Waals surface area (Å²) in [6, 6.07) is 26.8. The smallest absolute Gasteiger partial charge is 0.213 e. The number of para-hydroxylation sites is 2. The minimum Gasteiger partial charge on any atom is -0.467 e. The molecule has 4 aromatic rings. The number of hydrogen-bond acceptors (Lipinski definition) is 2. The summed E-state index contributed by atoms with van der Waals surface area (Å²) in [4.78, 5) is 4.87. The molecule has 3 aromatic carbocycles. The van der Waals surface area contributed by atoms with Crippen molar-refractivity contribution in [2.45, 2.75) is 50.2 Å². The van der Waals surface area contributed by atoms with Crippen LogP contribution in [0.2, 0.25) is 0 Å². The van der Waals surface area contributed by atoms with Crippen molar-refractivity contribution in [3.05, 3.63) is 167 Å². The van der Waals surface area contributed by atoms with Gasteiger partial charge in [-0.25, -0.2) is 4.99 Å². The van der Waals surface area contributed by atoms with Crippen LogP contribution >= 0.6 is 0 Å². The lowest BCUT2D eigenvalue weighted by Crippen LogP contribution is -2.19. The third-order valence-corrected chi connectivity index (χ3v) is 10.2. The van der Waals surface area contributed by atoms with Gasteiger partial charge in [0.15, 0.2) is 0 Å². The van der Waals surface area contributed by atoms with E-state index in [0.29, 0.717) is 5.92 Å². The van der Waals surface area contributed by atoms with Crippen molar-refractivity contribution in [2.24, 2.45) is 4.99 Å². The molecule has 0 N–H and O–H groups in total. The molecule has 4 aliphatic carbocycles. The Morgan fingerprint density at radius 1 is 0.630 bits per heavy atom. The molecule has 0 radical (unpaired) electrons. The zero-order chi connectivity index (χ0) is 30.5. The molecule has 3 atom stereocenters. The quantitative estimate of drug-likeness (QED) is 0.225. The maximum absolute atomic E-state index is 6.21. The molecule has 3 heteroatoms. The summed E-state index contributed by atoms with van der Waals surface area (Å²) in [5, 5.41) is 2.64. The molecule has 3 nitrogen and oxygen atoms in total. The lowest BCUT2D eigenvalue weighted by molar-refractivity contribution is 0.254. The Bertz CT molecular complexity index is 2120. The Labute approximate surface area is 270 Å². The summed E-state index contributed by atoms with van der Waals surface area (Å²) >= 11 is 0. The molecular formula is C43H36N2O. The highest BCUT2D eigenvalue weighted by atomic mass is 16.5. The summed E-state index contributed by atoms with van der Waals surface area (Å²) in [6.07, 6.45) is 29.6. The molecule has 224 valence electrons. The monoisotopic (exact) mass is 596 g/mol. The molecule has 1 aliphatic heterocycles. The van der Waals surface area contributed by atoms with E-state index in [1.54, 1.807) is 0 Å². The predicted octanol–water partition coefficient (Wildman–Crippen LogP) is 10.4. The number of ether oxygens (including phenoxy) is 1. The summed E-state index contributed by atoms with van der Waals surface area (Å²) in [6.45, 7) is 0. The Kier molecular flexibility index (Phi) is 6.70. The first-order valence-corrected chi connectivity index (χ1v) is 16.7. The van der Waals surface area contributed by atoms with Crippen molar-refractivity contribution in [1.82, 2.24) is 4.57 Å². The van der Waals surface area contributed by atoms with Gasteiger partial charge in [0, 0.05) is 28.0 Å². The summed E-state index contributed by atoms with van der Waals surface area (Å²) in [7, 11) is 0. The number of aromatic nitrogens is 1. The summed E-state index contributed by atoms with van der Waals surface area (Å²) < 4.78 is 8.68. The van der Waals surface area contributed by atoms with Crippen molar-refractivity contribution in [2.75, 3.05) is 0 Å². The Morgan fingerprint density at radius 2 is 1.33 bits per heavy atom. The van der Waals surface area contributed by atoms with E-state index in [9.17, 15) is 0 Å². The second-order valence-corrected chi connectivity index (χ2v) is 12.8. The van der Waals surface area contributed by atoms with Gasteiger partial charge >= 0.3 is 0 Å². The summed E-state index contributed by atoms with van der Waals surface area (Å²) in [5.74, 6) is 1.15. The van der Waals surface area contributed by atoms with Crippen LogP contribution in [0.1, 0.15) is 49.1 Å². The van der Waals surface area contributed by atoms with Gasteiger partial charge in [-0.15, -0.1) is 0 Å². The van der Waals surface area contributed by atoms with Gasteiger partial charge in [-0.2, -0.15) is 0 Å². The molecule has 1 aromatic heterocycles. The first kappa shape index (κ1) is 27.2. The van der Waals surface area contributed by atoms with Gasteiger partial charge in [-0.05, 0) is 84.2 Å². The Morgan fingerprint density at radius 3 is 2.09 bits per heavy atom. The van der Waals surface area contributed by atoms with Gasteiger partial charge in [-0.1, -0.05) is 115 Å². The summed E-state index contributed by atoms with van der Waals surface area (Å²) in [5.41, 5.74) is 12.2. The lowest BCUT2D eigenvalue weighted by atomic mass is 9.76. The molecule has 0 amide bonds. The molecule has 0 saturated carbocycles. The van der Waals surface area contributed by atoms with E-state index in [0.717, 1.165) is 38.0 Å². The second-order valence-electron chi connectivity index (χ2n) is 12.8. The first-order chi connectivity index (χ1) is 22.8. The maximum atomic E-state index is 6.21. The largest absolute Gasteiger partial charge is 0.467 e. The average molecular weight is 597 g/mol. The molecular weight excluding hydrogens is 560 g/mol. The Balaban J connectivity index is 1.02. The van der Waals surface area contributed by atoms with E-state index in [2.05, 4.69) is 144 Å². The van der Waals surface area contributed by atoms with Crippen molar-refractivity contribution >= 4 is 39.0 Å². The minimum atomic E-state index is 0.0403. The van der Waals surface area contributed by atoms with E-state index >= 15 is 0 Å². The SMILES string of the molecule is C1=CCC(c2ccccc2C2=CC=C(C3=NC4C=CC=CC4O3)CC2)C(C2=CC=C(n3c4ccccc4c4ccccc43)CC2)=C1. The first-order valence-electron chi connectivity index (χ1n) is 16.7. The van der Waals surface area contributed by atoms with Gasteiger partial charge < -0.3 is 9.30 Å². The normalized spacial score (nSPS) is 23.7. The molecule has 0 saturated heterocycles. The lowest BCUT2D eigenvalue weighted by Gasteiger charge is -2.29. The van der Waals surface area contributed by atoms with E-state index < -0.39 is 0 Å². The molecule has 0 spiro atoms. The van der Waals surface area contributed by atoms with Crippen LogP contribution < -0.4 is 0 Å². The number of rotatable bonds is 5. The van der Waals surface area contributed by atoms with Crippen molar-refractivity contribution in [3.8, 4) is 0 Å². The zero-order valence-corrected chi connectivity index (χ0v) is 25.8. The zero-order valence-electron chi connectivity index (χ0n) is 25.8. The molecule has 0 bridgehead atoms. The van der Waals surface area contributed by atoms with Crippen molar-refractivity contribution in [3.63, 3.8) is 0 Å². The van der Waals surface area contributed by atoms with Crippen LogP contribution in [0.25, 0.3) is 33.1 Å². The van der Waals surface area contributed by atoms with Gasteiger partial charge in [-0.3, -0.25) is 0 Å². The van der Waals surface area contributed by atoms with Crippen LogP contribution in [0, 0.1) is 0 Å². The van der Waals surface area contributed by atoms with Gasteiger partial charge in [0.1, 0.15) is 12.1 Å². The van der Waals surface area contributed by atoms with E-state index in [1.807, 2.05) is 0 Å².